The van der Waals surface area contributed by atoms with Gasteiger partial charge in [-0.3, -0.25) is 14.3 Å². The van der Waals surface area contributed by atoms with Crippen LogP contribution < -0.4 is 16.0 Å². The van der Waals surface area contributed by atoms with Gasteiger partial charge in [-0.2, -0.15) is 18.3 Å². The summed E-state index contributed by atoms with van der Waals surface area (Å²) in [5, 5.41) is 13.7. The fourth-order valence-corrected chi connectivity index (χ4v) is 3.27. The summed E-state index contributed by atoms with van der Waals surface area (Å²) in [5.74, 6) is -0.143. The van der Waals surface area contributed by atoms with Gasteiger partial charge in [0.15, 0.2) is 0 Å². The zero-order valence-electron chi connectivity index (χ0n) is 19.7. The number of benzene rings is 1. The summed E-state index contributed by atoms with van der Waals surface area (Å²) in [6, 6.07) is 8.01. The van der Waals surface area contributed by atoms with Crippen LogP contribution in [0.5, 0.6) is 0 Å². The molecule has 3 aromatic rings. The minimum atomic E-state index is -4.64. The molecule has 8 nitrogen and oxygen atoms in total. The molecule has 1 aromatic carbocycles. The average molecular weight is 493 g/mol. The summed E-state index contributed by atoms with van der Waals surface area (Å²) in [7, 11) is 0. The summed E-state index contributed by atoms with van der Waals surface area (Å²) in [6.45, 7) is 6.29. The van der Waals surface area contributed by atoms with E-state index in [0.717, 1.165) is 24.6 Å². The molecule has 35 heavy (non-hydrogen) atoms. The van der Waals surface area contributed by atoms with Crippen molar-refractivity contribution in [3.63, 3.8) is 0 Å². The molecular weight excluding hydrogens is 461 g/mol. The third kappa shape index (κ3) is 7.78. The second-order valence-corrected chi connectivity index (χ2v) is 7.96. The Labute approximate surface area is 202 Å². The lowest BCUT2D eigenvalue weighted by atomic mass is 10.2. The van der Waals surface area contributed by atoms with Crippen molar-refractivity contribution in [1.29, 1.82) is 0 Å². The number of rotatable bonds is 9. The predicted octanol–water partition coefficient (Wildman–Crippen LogP) is 4.09. The average Bonchev–Trinajstić information content (AvgIpc) is 3.57. The Morgan fingerprint density at radius 2 is 1.91 bits per heavy atom. The lowest BCUT2D eigenvalue weighted by Gasteiger charge is -2.08. The Morgan fingerprint density at radius 3 is 2.63 bits per heavy atom. The number of aromatic nitrogens is 3. The summed E-state index contributed by atoms with van der Waals surface area (Å²) in [4.78, 5) is 27.9. The van der Waals surface area contributed by atoms with Crippen molar-refractivity contribution in [3.8, 4) is 0 Å². The second-order valence-electron chi connectivity index (χ2n) is 7.96. The molecule has 1 aliphatic carbocycles. The predicted molar refractivity (Wildman–Crippen MR) is 129 cm³/mol. The number of pyridine rings is 1. The Kier molecular flexibility index (Phi) is 8.80. The number of carbonyl (C=O) groups excluding carboxylic acids is 2. The Bertz CT molecular complexity index is 1160. The molecule has 2 aromatic heterocycles. The number of fused-ring (bicyclic) bond motifs is 1. The summed E-state index contributed by atoms with van der Waals surface area (Å²) >= 11 is 0. The molecule has 0 unspecified atom stereocenters. The first-order chi connectivity index (χ1) is 16.8. The monoisotopic (exact) mass is 492 g/mol. The van der Waals surface area contributed by atoms with Gasteiger partial charge in [0.05, 0.1) is 5.52 Å². The first-order valence-corrected chi connectivity index (χ1v) is 11.6. The van der Waals surface area contributed by atoms with Crippen molar-refractivity contribution in [2.45, 2.75) is 39.4 Å². The second kappa shape index (κ2) is 11.8. The molecule has 11 heteroatoms. The van der Waals surface area contributed by atoms with E-state index in [-0.39, 0.29) is 19.6 Å². The number of carbonyl (C=O) groups is 2. The molecule has 3 N–H and O–H groups in total. The summed E-state index contributed by atoms with van der Waals surface area (Å²) < 4.78 is 40.0. The highest BCUT2D eigenvalue weighted by Crippen LogP contribution is 2.28. The highest BCUT2D eigenvalue weighted by atomic mass is 19.4. The van der Waals surface area contributed by atoms with Crippen LogP contribution in [0.2, 0.25) is 0 Å². The summed E-state index contributed by atoms with van der Waals surface area (Å²) in [6.07, 6.45) is -0.416. The minimum absolute atomic E-state index is 0. The van der Waals surface area contributed by atoms with E-state index in [9.17, 15) is 22.8 Å². The number of hydrogen-bond acceptors (Lipinski definition) is 5. The van der Waals surface area contributed by atoms with Gasteiger partial charge < -0.3 is 16.0 Å². The molecule has 190 valence electrons. The zero-order valence-corrected chi connectivity index (χ0v) is 19.7. The molecule has 0 atom stereocenters. The van der Waals surface area contributed by atoms with E-state index >= 15 is 0 Å². The van der Waals surface area contributed by atoms with E-state index in [1.165, 1.54) is 23.6 Å². The highest BCUT2D eigenvalue weighted by molar-refractivity contribution is 6.03. The number of hydrogen-bond donors (Lipinski definition) is 3. The van der Waals surface area contributed by atoms with Crippen molar-refractivity contribution in [2.75, 3.05) is 25.0 Å². The molecule has 0 saturated heterocycles. The van der Waals surface area contributed by atoms with Gasteiger partial charge >= 0.3 is 6.18 Å². The van der Waals surface area contributed by atoms with Gasteiger partial charge in [-0.05, 0) is 55.6 Å². The van der Waals surface area contributed by atoms with Gasteiger partial charge in [0.25, 0.3) is 5.91 Å². The lowest BCUT2D eigenvalue weighted by Crippen LogP contribution is -2.34. The van der Waals surface area contributed by atoms with E-state index in [1.807, 2.05) is 13.8 Å². The zero-order chi connectivity index (χ0) is 25.4. The molecule has 4 rings (SSSR count). The molecule has 2 heterocycles. The van der Waals surface area contributed by atoms with Crippen LogP contribution >= 0.6 is 0 Å². The molecule has 2 amide bonds. The molecule has 0 radical (unpaired) electrons. The van der Waals surface area contributed by atoms with Crippen LogP contribution in [0.25, 0.3) is 10.9 Å². The quantitative estimate of drug-likeness (QED) is 0.391. The Hall–Kier alpha value is -3.47. The van der Waals surface area contributed by atoms with Crippen molar-refractivity contribution >= 4 is 28.4 Å². The van der Waals surface area contributed by atoms with Crippen LogP contribution in [0.1, 0.15) is 44.3 Å². The van der Waals surface area contributed by atoms with Crippen molar-refractivity contribution in [2.24, 2.45) is 5.92 Å². The standard InChI is InChI=1S/C22H23F3N6O2.C2H6.H2/c23-22(24,25)19-3-1-2-18(29-19)21(33)28-16-6-7-17-15(10-16)12-31(30-17)13-20(32)27-9-8-26-11-14-4-5-14;1-2;/h1-3,6-7,10,12,14,26H,4-5,8-9,11,13H2,(H,27,32)(H,28,33);1-2H3;1H. The Balaban J connectivity index is 0.00000148. The Morgan fingerprint density at radius 1 is 1.14 bits per heavy atom. The van der Waals surface area contributed by atoms with Crippen LogP contribution in [0.15, 0.2) is 42.6 Å². The highest BCUT2D eigenvalue weighted by Gasteiger charge is 2.33. The van der Waals surface area contributed by atoms with E-state index in [1.54, 1.807) is 24.4 Å². The van der Waals surface area contributed by atoms with Gasteiger partial charge in [-0.1, -0.05) is 19.9 Å². The number of amides is 2. The third-order valence-corrected chi connectivity index (χ3v) is 5.14. The van der Waals surface area contributed by atoms with Crippen LogP contribution in [0, 0.1) is 5.92 Å². The first kappa shape index (κ1) is 26.1. The molecule has 1 fully saturated rings. The maximum absolute atomic E-state index is 12.8. The number of anilines is 1. The molecule has 0 spiro atoms. The van der Waals surface area contributed by atoms with E-state index in [4.69, 9.17) is 0 Å². The maximum Gasteiger partial charge on any atom is 0.433 e. The third-order valence-electron chi connectivity index (χ3n) is 5.14. The SMILES string of the molecule is CC.O=C(Cn1cc2cc(NC(=O)c3cccc(C(F)(F)F)n3)ccc2n1)NCCNCC1CC1.[HH]. The van der Waals surface area contributed by atoms with Gasteiger partial charge in [0.1, 0.15) is 17.9 Å². The topological polar surface area (TPSA) is 101 Å². The van der Waals surface area contributed by atoms with E-state index in [2.05, 4.69) is 26.0 Å². The van der Waals surface area contributed by atoms with Gasteiger partial charge in [-0.15, -0.1) is 0 Å². The largest absolute Gasteiger partial charge is 0.433 e. The van der Waals surface area contributed by atoms with Crippen molar-refractivity contribution in [3.05, 3.63) is 54.0 Å². The number of nitrogens with zero attached hydrogens (tertiary/aromatic N) is 3. The fraction of sp³-hybridized carbons (Fsp3) is 0.417. The number of nitrogens with one attached hydrogen (secondary N) is 3. The minimum Gasteiger partial charge on any atom is -0.353 e. The van der Waals surface area contributed by atoms with Crippen LogP contribution in [-0.4, -0.2) is 46.2 Å². The lowest BCUT2D eigenvalue weighted by molar-refractivity contribution is -0.141. The van der Waals surface area contributed by atoms with Gasteiger partial charge in [-0.25, -0.2) is 4.98 Å². The van der Waals surface area contributed by atoms with Crippen molar-refractivity contribution < 1.29 is 24.2 Å². The molecule has 0 aliphatic heterocycles. The van der Waals surface area contributed by atoms with E-state index < -0.39 is 17.8 Å². The number of halogens is 3. The van der Waals surface area contributed by atoms with Crippen LogP contribution in [-0.2, 0) is 17.5 Å². The van der Waals surface area contributed by atoms with Crippen molar-refractivity contribution in [1.82, 2.24) is 25.4 Å². The van der Waals surface area contributed by atoms with E-state index in [0.29, 0.717) is 29.7 Å². The normalized spacial score (nSPS) is 13.2. The molecule has 1 saturated carbocycles. The van der Waals surface area contributed by atoms with Crippen LogP contribution in [0.4, 0.5) is 18.9 Å². The molecule has 0 bridgehead atoms. The first-order valence-electron chi connectivity index (χ1n) is 11.6. The summed E-state index contributed by atoms with van der Waals surface area (Å²) in [5.41, 5.74) is -0.491. The molecule has 1 aliphatic rings. The van der Waals surface area contributed by atoms with Gasteiger partial charge in [0.2, 0.25) is 5.91 Å². The smallest absolute Gasteiger partial charge is 0.353 e. The van der Waals surface area contributed by atoms with Gasteiger partial charge in [0, 0.05) is 31.8 Å². The molecular formula is C24H31F3N6O2. The maximum atomic E-state index is 12.8. The number of alkyl halides is 3. The fourth-order valence-electron chi connectivity index (χ4n) is 3.27. The van der Waals surface area contributed by atoms with Crippen LogP contribution in [0.3, 0.4) is 0 Å².